The molecule has 0 bridgehead atoms. The highest BCUT2D eigenvalue weighted by atomic mass is 32.1. The van der Waals surface area contributed by atoms with Gasteiger partial charge < -0.3 is 21.3 Å². The van der Waals surface area contributed by atoms with Gasteiger partial charge in [-0.3, -0.25) is 4.79 Å². The van der Waals surface area contributed by atoms with Crippen molar-refractivity contribution in [1.29, 1.82) is 0 Å². The van der Waals surface area contributed by atoms with E-state index in [2.05, 4.69) is 5.32 Å². The average Bonchev–Trinajstić information content (AvgIpc) is 2.86. The van der Waals surface area contributed by atoms with E-state index in [1.807, 2.05) is 10.8 Å². The van der Waals surface area contributed by atoms with Crippen molar-refractivity contribution in [3.63, 3.8) is 0 Å². The first-order valence-electron chi connectivity index (χ1n) is 5.66. The third kappa shape index (κ3) is 3.46. The summed E-state index contributed by atoms with van der Waals surface area (Å²) in [6.07, 6.45) is 0.282. The molecule has 0 aliphatic rings. The fraction of sp³-hybridized carbons (Fsp3) is 0.154. The first kappa shape index (κ1) is 13.4. The predicted molar refractivity (Wildman–Crippen MR) is 74.4 cm³/mol. The van der Waals surface area contributed by atoms with Crippen LogP contribution in [0.15, 0.2) is 35.0 Å². The first-order chi connectivity index (χ1) is 9.06. The molecular weight excluding hydrogens is 264 g/mol. The molecule has 19 heavy (non-hydrogen) atoms. The van der Waals surface area contributed by atoms with Crippen molar-refractivity contribution < 1.29 is 15.0 Å². The molecule has 0 spiro atoms. The number of carbonyl (C=O) groups excluding carboxylic acids is 1. The van der Waals surface area contributed by atoms with E-state index in [1.54, 1.807) is 12.1 Å². The molecule has 1 aromatic carbocycles. The Morgan fingerprint density at radius 1 is 1.32 bits per heavy atom. The third-order valence-corrected chi connectivity index (χ3v) is 3.30. The number of hydrogen-bond acceptors (Lipinski definition) is 5. The van der Waals surface area contributed by atoms with Crippen LogP contribution in [-0.2, 0) is 11.2 Å². The van der Waals surface area contributed by atoms with Gasteiger partial charge in [-0.15, -0.1) is 0 Å². The van der Waals surface area contributed by atoms with Crippen molar-refractivity contribution in [3.05, 3.63) is 40.6 Å². The number of hydrogen-bond donors (Lipinski definition) is 4. The van der Waals surface area contributed by atoms with Crippen molar-refractivity contribution >= 4 is 22.9 Å². The summed E-state index contributed by atoms with van der Waals surface area (Å²) in [6, 6.07) is 5.46. The molecule has 1 heterocycles. The lowest BCUT2D eigenvalue weighted by molar-refractivity contribution is -0.117. The van der Waals surface area contributed by atoms with Crippen molar-refractivity contribution in [2.45, 2.75) is 12.5 Å². The number of rotatable bonds is 4. The molecule has 0 saturated heterocycles. The topological polar surface area (TPSA) is 95.6 Å². The minimum absolute atomic E-state index is 0.194. The maximum Gasteiger partial charge on any atom is 0.241 e. The lowest BCUT2D eigenvalue weighted by Gasteiger charge is -2.12. The SMILES string of the molecule is N[C@@H](Cc1ccc(O)c(O)c1)C(=O)Nc1ccsc1. The molecule has 2 aromatic rings. The molecule has 5 N–H and O–H groups in total. The van der Waals surface area contributed by atoms with Crippen LogP contribution in [0.3, 0.4) is 0 Å². The summed E-state index contributed by atoms with van der Waals surface area (Å²) in [5, 5.41) is 24.9. The second kappa shape index (κ2) is 5.73. The van der Waals surface area contributed by atoms with Gasteiger partial charge in [0.05, 0.1) is 11.7 Å². The second-order valence-electron chi connectivity index (χ2n) is 4.13. The number of nitrogens with one attached hydrogen (secondary N) is 1. The molecule has 1 amide bonds. The summed E-state index contributed by atoms with van der Waals surface area (Å²) in [4.78, 5) is 11.8. The highest BCUT2D eigenvalue weighted by molar-refractivity contribution is 7.08. The smallest absolute Gasteiger partial charge is 0.241 e. The normalized spacial score (nSPS) is 12.1. The van der Waals surface area contributed by atoms with Crippen LogP contribution in [-0.4, -0.2) is 22.2 Å². The van der Waals surface area contributed by atoms with Crippen LogP contribution in [0.25, 0.3) is 0 Å². The van der Waals surface area contributed by atoms with Gasteiger partial charge >= 0.3 is 0 Å². The summed E-state index contributed by atoms with van der Waals surface area (Å²) in [6.45, 7) is 0. The molecule has 5 nitrogen and oxygen atoms in total. The molecule has 1 atom stereocenters. The number of amides is 1. The zero-order chi connectivity index (χ0) is 13.8. The summed E-state index contributed by atoms with van der Waals surface area (Å²) in [7, 11) is 0. The van der Waals surface area contributed by atoms with E-state index in [-0.39, 0.29) is 23.8 Å². The largest absolute Gasteiger partial charge is 0.504 e. The summed E-state index contributed by atoms with van der Waals surface area (Å²) < 4.78 is 0. The molecule has 0 fully saturated rings. The second-order valence-corrected chi connectivity index (χ2v) is 4.91. The van der Waals surface area contributed by atoms with Gasteiger partial charge in [-0.1, -0.05) is 6.07 Å². The van der Waals surface area contributed by atoms with E-state index in [0.29, 0.717) is 5.56 Å². The maximum atomic E-state index is 11.8. The lowest BCUT2D eigenvalue weighted by Crippen LogP contribution is -2.37. The van der Waals surface area contributed by atoms with Crippen LogP contribution >= 0.6 is 11.3 Å². The fourth-order valence-electron chi connectivity index (χ4n) is 1.61. The van der Waals surface area contributed by atoms with E-state index in [4.69, 9.17) is 5.73 Å². The maximum absolute atomic E-state index is 11.8. The summed E-state index contributed by atoms with van der Waals surface area (Å²) in [5.74, 6) is -0.700. The van der Waals surface area contributed by atoms with Crippen molar-refractivity contribution in [3.8, 4) is 11.5 Å². The van der Waals surface area contributed by atoms with E-state index < -0.39 is 6.04 Å². The zero-order valence-corrected chi connectivity index (χ0v) is 10.9. The molecule has 0 unspecified atom stereocenters. The third-order valence-electron chi connectivity index (χ3n) is 2.62. The zero-order valence-electron chi connectivity index (χ0n) is 10.0. The van der Waals surface area contributed by atoms with Gasteiger partial charge in [0.1, 0.15) is 0 Å². The number of nitrogens with two attached hydrogens (primary N) is 1. The van der Waals surface area contributed by atoms with E-state index >= 15 is 0 Å². The molecule has 1 aromatic heterocycles. The highest BCUT2D eigenvalue weighted by Gasteiger charge is 2.15. The number of thiophene rings is 1. The van der Waals surface area contributed by atoms with Crippen LogP contribution in [0.1, 0.15) is 5.56 Å². The average molecular weight is 278 g/mol. The molecule has 0 saturated carbocycles. The number of benzene rings is 1. The minimum Gasteiger partial charge on any atom is -0.504 e. The number of phenols is 2. The monoisotopic (exact) mass is 278 g/mol. The standard InChI is InChI=1S/C13H14N2O3S/c14-10(13(18)15-9-3-4-19-7-9)5-8-1-2-11(16)12(17)6-8/h1-4,6-7,10,16-17H,5,14H2,(H,15,18)/t10-/m0/s1. The Bertz CT molecular complexity index is 569. The molecule has 0 aliphatic carbocycles. The number of anilines is 1. The Kier molecular flexibility index (Phi) is 4.03. The fourth-order valence-corrected chi connectivity index (χ4v) is 2.20. The Morgan fingerprint density at radius 3 is 2.74 bits per heavy atom. The van der Waals surface area contributed by atoms with Gasteiger partial charge in [0.15, 0.2) is 11.5 Å². The Balaban J connectivity index is 1.98. The van der Waals surface area contributed by atoms with Gasteiger partial charge in [0.25, 0.3) is 0 Å². The minimum atomic E-state index is -0.719. The van der Waals surface area contributed by atoms with Crippen molar-refractivity contribution in [1.82, 2.24) is 0 Å². The van der Waals surface area contributed by atoms with Gasteiger partial charge in [-0.25, -0.2) is 0 Å². The molecule has 0 aliphatic heterocycles. The van der Waals surface area contributed by atoms with Gasteiger partial charge in [-0.2, -0.15) is 11.3 Å². The predicted octanol–water partition coefficient (Wildman–Crippen LogP) is 1.67. The molecule has 2 rings (SSSR count). The molecular formula is C13H14N2O3S. The Morgan fingerprint density at radius 2 is 2.11 bits per heavy atom. The first-order valence-corrected chi connectivity index (χ1v) is 6.60. The molecule has 0 radical (unpaired) electrons. The van der Waals surface area contributed by atoms with Crippen LogP contribution in [0.4, 0.5) is 5.69 Å². The van der Waals surface area contributed by atoms with Crippen LogP contribution in [0.5, 0.6) is 11.5 Å². The summed E-state index contributed by atoms with van der Waals surface area (Å²) in [5.41, 5.74) is 7.21. The van der Waals surface area contributed by atoms with Gasteiger partial charge in [0.2, 0.25) is 5.91 Å². The van der Waals surface area contributed by atoms with Crippen molar-refractivity contribution in [2.24, 2.45) is 5.73 Å². The lowest BCUT2D eigenvalue weighted by atomic mass is 10.1. The van der Waals surface area contributed by atoms with Crippen LogP contribution < -0.4 is 11.1 Å². The number of phenolic OH excluding ortho intramolecular Hbond substituents is 2. The van der Waals surface area contributed by atoms with Crippen LogP contribution in [0.2, 0.25) is 0 Å². The molecule has 100 valence electrons. The van der Waals surface area contributed by atoms with E-state index in [9.17, 15) is 15.0 Å². The van der Waals surface area contributed by atoms with Crippen LogP contribution in [0, 0.1) is 0 Å². The quantitative estimate of drug-likeness (QED) is 0.640. The molecule has 6 heteroatoms. The highest BCUT2D eigenvalue weighted by Crippen LogP contribution is 2.25. The van der Waals surface area contributed by atoms with Gasteiger partial charge in [-0.05, 0) is 35.6 Å². The van der Waals surface area contributed by atoms with Gasteiger partial charge in [0, 0.05) is 5.38 Å². The van der Waals surface area contributed by atoms with E-state index in [0.717, 1.165) is 5.69 Å². The number of aromatic hydroxyl groups is 2. The van der Waals surface area contributed by atoms with Crippen molar-refractivity contribution in [2.75, 3.05) is 5.32 Å². The number of carbonyl (C=O) groups is 1. The summed E-state index contributed by atoms with van der Waals surface area (Å²) >= 11 is 1.48. The van der Waals surface area contributed by atoms with E-state index in [1.165, 1.54) is 23.5 Å². The Labute approximate surface area is 114 Å². The Hall–Kier alpha value is -2.05.